The number of carbonyl (C=O) groups excluding carboxylic acids is 1. The average molecular weight is 320 g/mol. The molecule has 0 aliphatic rings. The highest BCUT2D eigenvalue weighted by atomic mass is 16.5. The second-order valence-electron chi connectivity index (χ2n) is 5.91. The third-order valence-corrected chi connectivity index (χ3v) is 3.86. The van der Waals surface area contributed by atoms with Crippen LogP contribution in [0, 0.1) is 0 Å². The number of unbranched alkanes of at least 4 members (excludes halogenated alkanes) is 1. The molecule has 0 atom stereocenters. The lowest BCUT2D eigenvalue weighted by atomic mass is 10.1. The summed E-state index contributed by atoms with van der Waals surface area (Å²) in [5.41, 5.74) is 1.79. The molecule has 0 aliphatic heterocycles. The molecule has 0 amide bonds. The van der Waals surface area contributed by atoms with Crippen molar-refractivity contribution >= 4 is 5.97 Å². The summed E-state index contributed by atoms with van der Waals surface area (Å²) < 4.78 is 4.70. The number of carbonyl (C=O) groups is 1. The van der Waals surface area contributed by atoms with Gasteiger partial charge in [0.05, 0.1) is 12.7 Å². The topological polar surface area (TPSA) is 41.6 Å². The molecule has 1 aromatic carbocycles. The van der Waals surface area contributed by atoms with Crippen molar-refractivity contribution in [3.05, 3.63) is 35.4 Å². The maximum Gasteiger partial charge on any atom is 0.337 e. The highest BCUT2D eigenvalue weighted by Crippen LogP contribution is 2.05. The molecule has 0 aliphatic carbocycles. The van der Waals surface area contributed by atoms with Crippen molar-refractivity contribution in [2.75, 3.05) is 33.3 Å². The van der Waals surface area contributed by atoms with E-state index in [9.17, 15) is 4.79 Å². The summed E-state index contributed by atoms with van der Waals surface area (Å²) in [6.07, 6.45) is 4.91. The van der Waals surface area contributed by atoms with Gasteiger partial charge in [0.15, 0.2) is 0 Å². The monoisotopic (exact) mass is 320 g/mol. The van der Waals surface area contributed by atoms with Crippen LogP contribution >= 0.6 is 0 Å². The number of methoxy groups -OCH3 is 1. The SMILES string of the molecule is CCCN(CCC)CCCCNCc1ccc(C(=O)OC)cc1. The molecule has 1 rings (SSSR count). The standard InChI is InChI=1S/C19H32N2O2/c1-4-13-21(14-5-2)15-7-6-12-20-16-17-8-10-18(11-9-17)19(22)23-3/h8-11,20H,4-7,12-16H2,1-3H3. The van der Waals surface area contributed by atoms with Crippen LogP contribution in [0.15, 0.2) is 24.3 Å². The van der Waals surface area contributed by atoms with E-state index in [2.05, 4.69) is 24.1 Å². The van der Waals surface area contributed by atoms with E-state index in [4.69, 9.17) is 4.74 Å². The van der Waals surface area contributed by atoms with Crippen LogP contribution in [-0.2, 0) is 11.3 Å². The maximum atomic E-state index is 11.4. The average Bonchev–Trinajstić information content (AvgIpc) is 2.58. The van der Waals surface area contributed by atoms with Gasteiger partial charge in [0, 0.05) is 6.54 Å². The molecule has 0 saturated heterocycles. The second kappa shape index (κ2) is 12.1. The highest BCUT2D eigenvalue weighted by Gasteiger charge is 2.04. The molecule has 0 unspecified atom stereocenters. The van der Waals surface area contributed by atoms with Crippen molar-refractivity contribution in [2.24, 2.45) is 0 Å². The van der Waals surface area contributed by atoms with E-state index in [-0.39, 0.29) is 5.97 Å². The molecular formula is C19H32N2O2. The Hall–Kier alpha value is -1.39. The van der Waals surface area contributed by atoms with E-state index >= 15 is 0 Å². The Bertz CT molecular complexity index is 426. The molecule has 0 saturated carbocycles. The van der Waals surface area contributed by atoms with Gasteiger partial charge in [-0.3, -0.25) is 0 Å². The van der Waals surface area contributed by atoms with E-state index in [0.29, 0.717) is 5.56 Å². The fraction of sp³-hybridized carbons (Fsp3) is 0.632. The number of benzene rings is 1. The van der Waals surface area contributed by atoms with Gasteiger partial charge in [0.25, 0.3) is 0 Å². The summed E-state index contributed by atoms with van der Waals surface area (Å²) in [5, 5.41) is 3.47. The fourth-order valence-electron chi connectivity index (χ4n) is 2.66. The number of hydrogen-bond acceptors (Lipinski definition) is 4. The van der Waals surface area contributed by atoms with Crippen LogP contribution in [0.2, 0.25) is 0 Å². The van der Waals surface area contributed by atoms with Gasteiger partial charge in [-0.25, -0.2) is 4.79 Å². The van der Waals surface area contributed by atoms with Gasteiger partial charge < -0.3 is 15.0 Å². The van der Waals surface area contributed by atoms with Crippen LogP contribution in [0.4, 0.5) is 0 Å². The van der Waals surface area contributed by atoms with Crippen LogP contribution in [0.3, 0.4) is 0 Å². The molecule has 0 bridgehead atoms. The molecule has 0 fully saturated rings. The molecular weight excluding hydrogens is 288 g/mol. The van der Waals surface area contributed by atoms with E-state index in [0.717, 1.165) is 13.1 Å². The smallest absolute Gasteiger partial charge is 0.337 e. The predicted molar refractivity (Wildman–Crippen MR) is 95.7 cm³/mol. The molecule has 0 spiro atoms. The number of nitrogens with one attached hydrogen (secondary N) is 1. The molecule has 4 heteroatoms. The Morgan fingerprint density at radius 3 is 2.26 bits per heavy atom. The molecule has 0 aromatic heterocycles. The van der Waals surface area contributed by atoms with E-state index in [1.807, 2.05) is 24.3 Å². The van der Waals surface area contributed by atoms with Gasteiger partial charge in [-0.2, -0.15) is 0 Å². The Kier molecular flexibility index (Phi) is 10.3. The third-order valence-electron chi connectivity index (χ3n) is 3.86. The summed E-state index contributed by atoms with van der Waals surface area (Å²) in [5.74, 6) is -0.284. The first-order chi connectivity index (χ1) is 11.2. The molecule has 1 aromatic rings. The lowest BCUT2D eigenvalue weighted by Crippen LogP contribution is -2.27. The van der Waals surface area contributed by atoms with E-state index in [1.165, 1.54) is 58.0 Å². The highest BCUT2D eigenvalue weighted by molar-refractivity contribution is 5.89. The maximum absolute atomic E-state index is 11.4. The Balaban J connectivity index is 2.16. The third kappa shape index (κ3) is 8.14. The molecule has 130 valence electrons. The van der Waals surface area contributed by atoms with Gasteiger partial charge >= 0.3 is 5.97 Å². The number of hydrogen-bond donors (Lipinski definition) is 1. The first-order valence-electron chi connectivity index (χ1n) is 8.81. The van der Waals surface area contributed by atoms with Gasteiger partial charge in [0.2, 0.25) is 0 Å². The van der Waals surface area contributed by atoms with Crippen molar-refractivity contribution in [1.29, 1.82) is 0 Å². The van der Waals surface area contributed by atoms with E-state index in [1.54, 1.807) is 0 Å². The normalized spacial score (nSPS) is 11.0. The molecule has 1 N–H and O–H groups in total. The molecule has 0 radical (unpaired) electrons. The zero-order valence-electron chi connectivity index (χ0n) is 14.9. The summed E-state index contributed by atoms with van der Waals surface area (Å²) in [6.45, 7) is 10.0. The molecule has 23 heavy (non-hydrogen) atoms. The molecule has 4 nitrogen and oxygen atoms in total. The minimum absolute atomic E-state index is 0.284. The Morgan fingerprint density at radius 2 is 1.70 bits per heavy atom. The summed E-state index contributed by atoms with van der Waals surface area (Å²) >= 11 is 0. The van der Waals surface area contributed by atoms with Gasteiger partial charge in [-0.15, -0.1) is 0 Å². The number of nitrogens with zero attached hydrogens (tertiary/aromatic N) is 1. The quantitative estimate of drug-likeness (QED) is 0.473. The van der Waals surface area contributed by atoms with Gasteiger partial charge in [-0.1, -0.05) is 26.0 Å². The summed E-state index contributed by atoms with van der Waals surface area (Å²) in [4.78, 5) is 13.9. The van der Waals surface area contributed by atoms with Crippen LogP contribution in [0.25, 0.3) is 0 Å². The minimum atomic E-state index is -0.284. The van der Waals surface area contributed by atoms with Crippen molar-refractivity contribution < 1.29 is 9.53 Å². The predicted octanol–water partition coefficient (Wildman–Crippen LogP) is 3.47. The second-order valence-corrected chi connectivity index (χ2v) is 5.91. The van der Waals surface area contributed by atoms with Crippen molar-refractivity contribution in [2.45, 2.75) is 46.1 Å². The first-order valence-corrected chi connectivity index (χ1v) is 8.81. The summed E-state index contributed by atoms with van der Waals surface area (Å²) in [7, 11) is 1.40. The lowest BCUT2D eigenvalue weighted by Gasteiger charge is -2.20. The first kappa shape index (κ1) is 19.7. The number of esters is 1. The fourth-order valence-corrected chi connectivity index (χ4v) is 2.66. The zero-order chi connectivity index (χ0) is 16.9. The van der Waals surface area contributed by atoms with Gasteiger partial charge in [-0.05, 0) is 69.6 Å². The van der Waals surface area contributed by atoms with Crippen LogP contribution in [0.5, 0.6) is 0 Å². The largest absolute Gasteiger partial charge is 0.465 e. The van der Waals surface area contributed by atoms with Crippen molar-refractivity contribution in [3.8, 4) is 0 Å². The van der Waals surface area contributed by atoms with E-state index < -0.39 is 0 Å². The Morgan fingerprint density at radius 1 is 1.04 bits per heavy atom. The summed E-state index contributed by atoms with van der Waals surface area (Å²) in [6, 6.07) is 7.58. The van der Waals surface area contributed by atoms with Crippen LogP contribution in [0.1, 0.15) is 55.5 Å². The van der Waals surface area contributed by atoms with Crippen LogP contribution in [-0.4, -0.2) is 44.2 Å². The Labute approximate surface area is 141 Å². The van der Waals surface area contributed by atoms with Crippen molar-refractivity contribution in [1.82, 2.24) is 10.2 Å². The zero-order valence-corrected chi connectivity index (χ0v) is 14.9. The molecule has 0 heterocycles. The van der Waals surface area contributed by atoms with Crippen LogP contribution < -0.4 is 5.32 Å². The lowest BCUT2D eigenvalue weighted by molar-refractivity contribution is 0.0600. The number of ether oxygens (including phenoxy) is 1. The number of rotatable bonds is 12. The minimum Gasteiger partial charge on any atom is -0.465 e. The van der Waals surface area contributed by atoms with Gasteiger partial charge in [0.1, 0.15) is 0 Å². The van der Waals surface area contributed by atoms with Crippen molar-refractivity contribution in [3.63, 3.8) is 0 Å².